The number of aliphatic hydroxyl groups excluding tert-OH is 1. The van der Waals surface area contributed by atoms with Crippen LogP contribution in [-0.4, -0.2) is 26.1 Å². The molecule has 0 amide bonds. The van der Waals surface area contributed by atoms with Gasteiger partial charge in [0.05, 0.1) is 12.7 Å². The average Bonchev–Trinajstić information content (AvgIpc) is 1.81. The lowest BCUT2D eigenvalue weighted by atomic mass is 10.4. The highest BCUT2D eigenvalue weighted by Gasteiger charge is 2.14. The highest BCUT2D eigenvalue weighted by molar-refractivity contribution is 6.69. The van der Waals surface area contributed by atoms with Gasteiger partial charge in [0.1, 0.15) is 0 Å². The summed E-state index contributed by atoms with van der Waals surface area (Å²) in [6, 6.07) is 0. The quantitative estimate of drug-likeness (QED) is 0.497. The summed E-state index contributed by atoms with van der Waals surface area (Å²) in [7, 11) is -1.44. The van der Waals surface area contributed by atoms with Crippen LogP contribution in [0.3, 0.4) is 0 Å². The summed E-state index contributed by atoms with van der Waals surface area (Å²) in [5, 5.41) is 9.00. The lowest BCUT2D eigenvalue weighted by molar-refractivity contribution is 0.141. The molecule has 10 heavy (non-hydrogen) atoms. The third-order valence-electron chi connectivity index (χ3n) is 0.959. The van der Waals surface area contributed by atoms with Gasteiger partial charge in [0.2, 0.25) is 0 Å². The molecule has 0 heterocycles. The first-order valence-electron chi connectivity index (χ1n) is 3.40. The van der Waals surface area contributed by atoms with Crippen LogP contribution in [0.25, 0.3) is 0 Å². The summed E-state index contributed by atoms with van der Waals surface area (Å²) in [4.78, 5) is 0. The Morgan fingerprint density at radius 1 is 1.60 bits per heavy atom. The number of hydrogen-bond acceptors (Lipinski definition) is 2. The molecule has 0 aliphatic rings. The summed E-state index contributed by atoms with van der Waals surface area (Å²) in [5.74, 6) is 0. The molecule has 60 valence electrons. The Hall–Kier alpha value is -0.123. The SMILES string of the molecule is C=CC(O)CO[Si](C)(C)C. The molecule has 2 nitrogen and oxygen atoms in total. The highest BCUT2D eigenvalue weighted by Crippen LogP contribution is 2.02. The Morgan fingerprint density at radius 2 is 2.10 bits per heavy atom. The minimum Gasteiger partial charge on any atom is -0.415 e. The Labute approximate surface area is 63.7 Å². The lowest BCUT2D eigenvalue weighted by Gasteiger charge is -2.18. The fourth-order valence-electron chi connectivity index (χ4n) is 0.403. The van der Waals surface area contributed by atoms with Crippen molar-refractivity contribution in [3.63, 3.8) is 0 Å². The fourth-order valence-corrected chi connectivity index (χ4v) is 1.07. The van der Waals surface area contributed by atoms with Crippen LogP contribution in [0.1, 0.15) is 0 Å². The summed E-state index contributed by atoms with van der Waals surface area (Å²) >= 11 is 0. The van der Waals surface area contributed by atoms with E-state index in [4.69, 9.17) is 9.53 Å². The molecule has 0 aromatic carbocycles. The van der Waals surface area contributed by atoms with E-state index in [1.165, 1.54) is 6.08 Å². The van der Waals surface area contributed by atoms with Gasteiger partial charge in [0, 0.05) is 0 Å². The summed E-state index contributed by atoms with van der Waals surface area (Å²) in [5.41, 5.74) is 0. The first-order chi connectivity index (χ1) is 4.45. The molecule has 0 bridgehead atoms. The molecular weight excluding hydrogens is 144 g/mol. The zero-order chi connectivity index (χ0) is 8.20. The fraction of sp³-hybridized carbons (Fsp3) is 0.714. The van der Waals surface area contributed by atoms with Crippen molar-refractivity contribution in [3.05, 3.63) is 12.7 Å². The molecule has 0 rings (SSSR count). The molecular formula is C7H16O2Si. The van der Waals surface area contributed by atoms with E-state index in [9.17, 15) is 0 Å². The second-order valence-electron chi connectivity index (χ2n) is 3.23. The van der Waals surface area contributed by atoms with Crippen molar-refractivity contribution in [1.82, 2.24) is 0 Å². The second kappa shape index (κ2) is 3.90. The molecule has 0 saturated heterocycles. The van der Waals surface area contributed by atoms with E-state index >= 15 is 0 Å². The van der Waals surface area contributed by atoms with Gasteiger partial charge in [-0.1, -0.05) is 6.08 Å². The van der Waals surface area contributed by atoms with Crippen molar-refractivity contribution in [2.45, 2.75) is 25.7 Å². The maximum Gasteiger partial charge on any atom is 0.183 e. The van der Waals surface area contributed by atoms with Gasteiger partial charge in [0.15, 0.2) is 8.32 Å². The van der Waals surface area contributed by atoms with Crippen LogP contribution in [0.5, 0.6) is 0 Å². The molecule has 3 heteroatoms. The molecule has 0 radical (unpaired) electrons. The number of hydrogen-bond donors (Lipinski definition) is 1. The van der Waals surface area contributed by atoms with Crippen molar-refractivity contribution >= 4 is 8.32 Å². The average molecular weight is 160 g/mol. The van der Waals surface area contributed by atoms with Gasteiger partial charge in [-0.15, -0.1) is 6.58 Å². The van der Waals surface area contributed by atoms with Crippen molar-refractivity contribution in [2.24, 2.45) is 0 Å². The van der Waals surface area contributed by atoms with Crippen LogP contribution in [0.2, 0.25) is 19.6 Å². The molecule has 0 spiro atoms. The van der Waals surface area contributed by atoms with Gasteiger partial charge < -0.3 is 9.53 Å². The summed E-state index contributed by atoms with van der Waals surface area (Å²) in [6.07, 6.45) is 0.979. The van der Waals surface area contributed by atoms with E-state index < -0.39 is 14.4 Å². The van der Waals surface area contributed by atoms with Crippen LogP contribution in [0.15, 0.2) is 12.7 Å². The van der Waals surface area contributed by atoms with Crippen molar-refractivity contribution < 1.29 is 9.53 Å². The smallest absolute Gasteiger partial charge is 0.183 e. The molecule has 1 unspecified atom stereocenters. The van der Waals surface area contributed by atoms with E-state index in [0.717, 1.165) is 0 Å². The lowest BCUT2D eigenvalue weighted by Crippen LogP contribution is -2.29. The van der Waals surface area contributed by atoms with Gasteiger partial charge in [0.25, 0.3) is 0 Å². The molecule has 1 N–H and O–H groups in total. The summed E-state index contributed by atoms with van der Waals surface area (Å²) in [6.45, 7) is 10.1. The molecule has 0 fully saturated rings. The standard InChI is InChI=1S/C7H16O2Si/c1-5-7(8)6-9-10(2,3)4/h5,7-8H,1,6H2,2-4H3. The molecule has 1 atom stereocenters. The number of rotatable bonds is 4. The van der Waals surface area contributed by atoms with Gasteiger partial charge >= 0.3 is 0 Å². The number of aliphatic hydroxyl groups is 1. The first kappa shape index (κ1) is 9.88. The van der Waals surface area contributed by atoms with Crippen LogP contribution >= 0.6 is 0 Å². The zero-order valence-corrected chi connectivity index (χ0v) is 7.92. The van der Waals surface area contributed by atoms with E-state index in [1.54, 1.807) is 0 Å². The summed E-state index contributed by atoms with van der Waals surface area (Å²) < 4.78 is 5.40. The highest BCUT2D eigenvalue weighted by atomic mass is 28.4. The second-order valence-corrected chi connectivity index (χ2v) is 7.74. The van der Waals surface area contributed by atoms with E-state index in [1.807, 2.05) is 0 Å². The normalized spacial score (nSPS) is 14.8. The van der Waals surface area contributed by atoms with Crippen LogP contribution in [-0.2, 0) is 4.43 Å². The molecule has 0 aromatic rings. The molecule has 0 aliphatic carbocycles. The monoisotopic (exact) mass is 160 g/mol. The van der Waals surface area contributed by atoms with Crippen LogP contribution < -0.4 is 0 Å². The van der Waals surface area contributed by atoms with Crippen molar-refractivity contribution in [1.29, 1.82) is 0 Å². The Kier molecular flexibility index (Phi) is 3.86. The van der Waals surface area contributed by atoms with Crippen molar-refractivity contribution in [2.75, 3.05) is 6.61 Å². The van der Waals surface area contributed by atoms with Gasteiger partial charge in [-0.25, -0.2) is 0 Å². The Morgan fingerprint density at radius 3 is 2.40 bits per heavy atom. The van der Waals surface area contributed by atoms with E-state index in [2.05, 4.69) is 26.2 Å². The van der Waals surface area contributed by atoms with Gasteiger partial charge in [-0.05, 0) is 19.6 Å². The minimum atomic E-state index is -1.44. The Balaban J connectivity index is 3.45. The predicted molar refractivity (Wildman–Crippen MR) is 45.5 cm³/mol. The maximum absolute atomic E-state index is 9.00. The molecule has 0 saturated carbocycles. The van der Waals surface area contributed by atoms with Crippen molar-refractivity contribution in [3.8, 4) is 0 Å². The minimum absolute atomic E-state index is 0.388. The zero-order valence-electron chi connectivity index (χ0n) is 6.92. The largest absolute Gasteiger partial charge is 0.415 e. The van der Waals surface area contributed by atoms with Gasteiger partial charge in [-0.2, -0.15) is 0 Å². The molecule has 0 aromatic heterocycles. The van der Waals surface area contributed by atoms with Gasteiger partial charge in [-0.3, -0.25) is 0 Å². The third kappa shape index (κ3) is 6.00. The van der Waals surface area contributed by atoms with E-state index in [-0.39, 0.29) is 0 Å². The van der Waals surface area contributed by atoms with E-state index in [0.29, 0.717) is 6.61 Å². The topological polar surface area (TPSA) is 29.5 Å². The first-order valence-corrected chi connectivity index (χ1v) is 6.81. The van der Waals surface area contributed by atoms with Crippen LogP contribution in [0, 0.1) is 0 Å². The maximum atomic E-state index is 9.00. The molecule has 0 aliphatic heterocycles. The van der Waals surface area contributed by atoms with Crippen LogP contribution in [0.4, 0.5) is 0 Å². The predicted octanol–water partition coefficient (Wildman–Crippen LogP) is 1.38. The third-order valence-corrected chi connectivity index (χ3v) is 1.99. The Bertz CT molecular complexity index is 107.